The first-order chi connectivity index (χ1) is 10.7. The summed E-state index contributed by atoms with van der Waals surface area (Å²) < 4.78 is 7.00. The molecule has 1 N–H and O–H groups in total. The van der Waals surface area contributed by atoms with E-state index in [1.54, 1.807) is 48.1 Å². The number of amides is 1. The number of carbonyl (C=O) groups excluding carboxylic acids is 1. The Bertz CT molecular complexity index is 828. The highest BCUT2D eigenvalue weighted by molar-refractivity contribution is 6.07. The SMILES string of the molecule is CCOc1ncccc1C(=O)Nc1cccn2nc(C)nc12. The van der Waals surface area contributed by atoms with Gasteiger partial charge in [0.2, 0.25) is 5.88 Å². The van der Waals surface area contributed by atoms with Crippen molar-refractivity contribution in [3.63, 3.8) is 0 Å². The Morgan fingerprint density at radius 1 is 1.36 bits per heavy atom. The van der Waals surface area contributed by atoms with Gasteiger partial charge < -0.3 is 10.1 Å². The highest BCUT2D eigenvalue weighted by Crippen LogP contribution is 2.19. The number of hydrogen-bond donors (Lipinski definition) is 1. The molecule has 3 aromatic heterocycles. The van der Waals surface area contributed by atoms with Crippen LogP contribution in [0.3, 0.4) is 0 Å². The van der Waals surface area contributed by atoms with E-state index in [0.29, 0.717) is 35.2 Å². The number of anilines is 1. The van der Waals surface area contributed by atoms with E-state index in [-0.39, 0.29) is 5.91 Å². The third kappa shape index (κ3) is 2.60. The van der Waals surface area contributed by atoms with Gasteiger partial charge in [0.1, 0.15) is 11.4 Å². The van der Waals surface area contributed by atoms with E-state index in [4.69, 9.17) is 4.74 Å². The molecule has 0 aliphatic rings. The van der Waals surface area contributed by atoms with E-state index in [0.717, 1.165) is 0 Å². The fourth-order valence-corrected chi connectivity index (χ4v) is 2.12. The Labute approximate surface area is 127 Å². The average Bonchev–Trinajstić information content (AvgIpc) is 2.89. The van der Waals surface area contributed by atoms with Gasteiger partial charge in [-0.1, -0.05) is 0 Å². The van der Waals surface area contributed by atoms with Crippen molar-refractivity contribution in [3.05, 3.63) is 48.0 Å². The Morgan fingerprint density at radius 2 is 2.23 bits per heavy atom. The number of nitrogens with zero attached hydrogens (tertiary/aromatic N) is 4. The largest absolute Gasteiger partial charge is 0.477 e. The van der Waals surface area contributed by atoms with Gasteiger partial charge in [0.05, 0.1) is 12.3 Å². The second-order valence-electron chi connectivity index (χ2n) is 4.59. The summed E-state index contributed by atoms with van der Waals surface area (Å²) in [6.45, 7) is 4.08. The summed E-state index contributed by atoms with van der Waals surface area (Å²) in [6.07, 6.45) is 3.37. The van der Waals surface area contributed by atoms with Gasteiger partial charge in [0, 0.05) is 12.4 Å². The molecule has 0 bridgehead atoms. The highest BCUT2D eigenvalue weighted by atomic mass is 16.5. The quantitative estimate of drug-likeness (QED) is 0.797. The van der Waals surface area contributed by atoms with Gasteiger partial charge in [-0.2, -0.15) is 5.10 Å². The molecule has 22 heavy (non-hydrogen) atoms. The molecule has 0 aliphatic carbocycles. The van der Waals surface area contributed by atoms with E-state index >= 15 is 0 Å². The number of rotatable bonds is 4. The maximum Gasteiger partial charge on any atom is 0.261 e. The second-order valence-corrected chi connectivity index (χ2v) is 4.59. The lowest BCUT2D eigenvalue weighted by Crippen LogP contribution is -2.15. The van der Waals surface area contributed by atoms with Gasteiger partial charge >= 0.3 is 0 Å². The van der Waals surface area contributed by atoms with Crippen LogP contribution in [0.15, 0.2) is 36.7 Å². The monoisotopic (exact) mass is 297 g/mol. The maximum absolute atomic E-state index is 12.5. The minimum absolute atomic E-state index is 0.301. The van der Waals surface area contributed by atoms with Crippen LogP contribution in [0.25, 0.3) is 5.65 Å². The molecule has 0 saturated heterocycles. The second kappa shape index (κ2) is 5.80. The molecular weight excluding hydrogens is 282 g/mol. The van der Waals surface area contributed by atoms with Crippen molar-refractivity contribution in [2.75, 3.05) is 11.9 Å². The maximum atomic E-state index is 12.5. The molecular formula is C15H15N5O2. The van der Waals surface area contributed by atoms with E-state index in [2.05, 4.69) is 20.4 Å². The first kappa shape index (κ1) is 14.0. The molecule has 3 aromatic rings. The first-order valence-corrected chi connectivity index (χ1v) is 6.90. The number of ether oxygens (including phenoxy) is 1. The van der Waals surface area contributed by atoms with Crippen molar-refractivity contribution in [2.24, 2.45) is 0 Å². The van der Waals surface area contributed by atoms with E-state index in [1.165, 1.54) is 0 Å². The van der Waals surface area contributed by atoms with Crippen LogP contribution < -0.4 is 10.1 Å². The van der Waals surface area contributed by atoms with Crippen LogP contribution in [0, 0.1) is 6.92 Å². The van der Waals surface area contributed by atoms with Crippen molar-refractivity contribution in [1.29, 1.82) is 0 Å². The normalized spacial score (nSPS) is 10.6. The van der Waals surface area contributed by atoms with Crippen LogP contribution in [0.5, 0.6) is 5.88 Å². The van der Waals surface area contributed by atoms with Crippen LogP contribution in [0.2, 0.25) is 0 Å². The molecule has 0 unspecified atom stereocenters. The van der Waals surface area contributed by atoms with E-state index in [1.807, 2.05) is 6.92 Å². The summed E-state index contributed by atoms with van der Waals surface area (Å²) in [5, 5.41) is 7.05. The first-order valence-electron chi connectivity index (χ1n) is 6.90. The smallest absolute Gasteiger partial charge is 0.261 e. The molecule has 0 aliphatic heterocycles. The summed E-state index contributed by atoms with van der Waals surface area (Å²) >= 11 is 0. The highest BCUT2D eigenvalue weighted by Gasteiger charge is 2.15. The molecule has 0 fully saturated rings. The number of fused-ring (bicyclic) bond motifs is 1. The van der Waals surface area contributed by atoms with Gasteiger partial charge in [-0.3, -0.25) is 4.79 Å². The molecule has 7 nitrogen and oxygen atoms in total. The summed E-state index contributed by atoms with van der Waals surface area (Å²) in [7, 11) is 0. The Balaban J connectivity index is 1.93. The molecule has 0 aromatic carbocycles. The predicted molar refractivity (Wildman–Crippen MR) is 81.1 cm³/mol. The van der Waals surface area contributed by atoms with Gasteiger partial charge in [-0.15, -0.1) is 0 Å². The van der Waals surface area contributed by atoms with Crippen LogP contribution >= 0.6 is 0 Å². The molecule has 0 radical (unpaired) electrons. The number of aryl methyl sites for hydroxylation is 1. The number of nitrogens with one attached hydrogen (secondary N) is 1. The van der Waals surface area contributed by atoms with Crippen LogP contribution in [0.1, 0.15) is 23.1 Å². The zero-order valence-corrected chi connectivity index (χ0v) is 12.3. The lowest BCUT2D eigenvalue weighted by molar-refractivity contribution is 0.102. The standard InChI is InChI=1S/C15H15N5O2/c1-3-22-15-11(6-4-8-16-15)14(21)18-12-7-5-9-20-13(12)17-10(2)19-20/h4-9H,3H2,1-2H3,(H,18,21). The van der Waals surface area contributed by atoms with Crippen molar-refractivity contribution in [3.8, 4) is 5.88 Å². The van der Waals surface area contributed by atoms with Crippen molar-refractivity contribution in [2.45, 2.75) is 13.8 Å². The Kier molecular flexibility index (Phi) is 3.69. The molecule has 3 rings (SSSR count). The minimum atomic E-state index is -0.301. The zero-order chi connectivity index (χ0) is 15.5. The zero-order valence-electron chi connectivity index (χ0n) is 12.3. The summed E-state index contributed by atoms with van der Waals surface area (Å²) in [5.41, 5.74) is 1.55. The van der Waals surface area contributed by atoms with Crippen LogP contribution in [-0.2, 0) is 0 Å². The molecule has 7 heteroatoms. The van der Waals surface area contributed by atoms with Crippen LogP contribution in [-0.4, -0.2) is 32.1 Å². The predicted octanol–water partition coefficient (Wildman–Crippen LogP) is 2.08. The summed E-state index contributed by atoms with van der Waals surface area (Å²) in [6, 6.07) is 6.93. The van der Waals surface area contributed by atoms with E-state index < -0.39 is 0 Å². The summed E-state index contributed by atoms with van der Waals surface area (Å²) in [4.78, 5) is 20.9. The number of hydrogen-bond acceptors (Lipinski definition) is 5. The minimum Gasteiger partial charge on any atom is -0.477 e. The number of carbonyl (C=O) groups is 1. The third-order valence-corrected chi connectivity index (χ3v) is 3.01. The van der Waals surface area contributed by atoms with Gasteiger partial charge in [-0.05, 0) is 38.1 Å². The topological polar surface area (TPSA) is 81.4 Å². The molecule has 0 spiro atoms. The Hall–Kier alpha value is -2.96. The molecule has 3 heterocycles. The van der Waals surface area contributed by atoms with Gasteiger partial charge in [0.15, 0.2) is 5.65 Å². The lowest BCUT2D eigenvalue weighted by atomic mass is 10.2. The van der Waals surface area contributed by atoms with Gasteiger partial charge in [0.25, 0.3) is 5.91 Å². The van der Waals surface area contributed by atoms with Gasteiger partial charge in [-0.25, -0.2) is 14.5 Å². The van der Waals surface area contributed by atoms with Crippen molar-refractivity contribution >= 4 is 17.2 Å². The molecule has 0 atom stereocenters. The third-order valence-electron chi connectivity index (χ3n) is 3.01. The fourth-order valence-electron chi connectivity index (χ4n) is 2.12. The molecule has 0 saturated carbocycles. The number of pyridine rings is 2. The van der Waals surface area contributed by atoms with Crippen molar-refractivity contribution in [1.82, 2.24) is 19.6 Å². The van der Waals surface area contributed by atoms with E-state index in [9.17, 15) is 4.79 Å². The van der Waals surface area contributed by atoms with Crippen molar-refractivity contribution < 1.29 is 9.53 Å². The number of aromatic nitrogens is 4. The Morgan fingerprint density at radius 3 is 3.05 bits per heavy atom. The lowest BCUT2D eigenvalue weighted by Gasteiger charge is -2.09. The summed E-state index contributed by atoms with van der Waals surface area (Å²) in [5.74, 6) is 0.649. The molecule has 112 valence electrons. The van der Waals surface area contributed by atoms with Crippen LogP contribution in [0.4, 0.5) is 5.69 Å². The average molecular weight is 297 g/mol. The molecule has 1 amide bonds. The fraction of sp³-hybridized carbons (Fsp3) is 0.200.